The fraction of sp³-hybridized carbons (Fsp3) is 0.182. The Hall–Kier alpha value is -0.840. The first-order valence-corrected chi connectivity index (χ1v) is 5.87. The standard InChI is InChI=1S/C11H10BrClN2O/c1-15-10(9(13)6-14-15)11(16)7-2-4-8(12)5-3-7/h2-6,11,16H,1H3. The van der Waals surface area contributed by atoms with Gasteiger partial charge in [0, 0.05) is 11.5 Å². The molecule has 1 unspecified atom stereocenters. The molecule has 5 heteroatoms. The van der Waals surface area contributed by atoms with Gasteiger partial charge in [0.25, 0.3) is 0 Å². The molecule has 0 aliphatic carbocycles. The van der Waals surface area contributed by atoms with Crippen LogP contribution in [0.2, 0.25) is 5.02 Å². The predicted molar refractivity (Wildman–Crippen MR) is 66.4 cm³/mol. The molecule has 1 N–H and O–H groups in total. The summed E-state index contributed by atoms with van der Waals surface area (Å²) < 4.78 is 2.55. The van der Waals surface area contributed by atoms with Crippen LogP contribution >= 0.6 is 27.5 Å². The van der Waals surface area contributed by atoms with Crippen LogP contribution in [0.25, 0.3) is 0 Å². The van der Waals surface area contributed by atoms with E-state index >= 15 is 0 Å². The minimum absolute atomic E-state index is 0.470. The molecule has 16 heavy (non-hydrogen) atoms. The number of nitrogens with zero attached hydrogens (tertiary/aromatic N) is 2. The molecule has 1 aromatic carbocycles. The topological polar surface area (TPSA) is 38.0 Å². The summed E-state index contributed by atoms with van der Waals surface area (Å²) in [4.78, 5) is 0. The Balaban J connectivity index is 2.39. The molecule has 1 atom stereocenters. The monoisotopic (exact) mass is 300 g/mol. The average Bonchev–Trinajstić information content (AvgIpc) is 2.59. The Labute approximate surface area is 107 Å². The predicted octanol–water partition coefficient (Wildman–Crippen LogP) is 2.92. The van der Waals surface area contributed by atoms with Gasteiger partial charge in [-0.05, 0) is 17.7 Å². The van der Waals surface area contributed by atoms with E-state index in [1.54, 1.807) is 11.7 Å². The van der Waals surface area contributed by atoms with Crippen molar-refractivity contribution in [1.82, 2.24) is 9.78 Å². The van der Waals surface area contributed by atoms with Gasteiger partial charge in [0.15, 0.2) is 0 Å². The molecule has 2 rings (SSSR count). The van der Waals surface area contributed by atoms with Crippen LogP contribution in [0.15, 0.2) is 34.9 Å². The third kappa shape index (κ3) is 2.14. The normalized spacial score (nSPS) is 12.8. The zero-order valence-corrected chi connectivity index (χ0v) is 10.9. The van der Waals surface area contributed by atoms with E-state index in [2.05, 4.69) is 21.0 Å². The van der Waals surface area contributed by atoms with Crippen LogP contribution in [0.1, 0.15) is 17.4 Å². The molecule has 0 saturated carbocycles. The minimum Gasteiger partial charge on any atom is -0.382 e. The quantitative estimate of drug-likeness (QED) is 0.926. The van der Waals surface area contributed by atoms with Gasteiger partial charge in [-0.25, -0.2) is 0 Å². The Morgan fingerprint density at radius 2 is 2.00 bits per heavy atom. The molecule has 0 radical (unpaired) electrons. The van der Waals surface area contributed by atoms with Gasteiger partial charge in [0.05, 0.1) is 16.9 Å². The van der Waals surface area contributed by atoms with Crippen LogP contribution in [-0.2, 0) is 7.05 Å². The summed E-state index contributed by atoms with van der Waals surface area (Å²) >= 11 is 9.32. The highest BCUT2D eigenvalue weighted by Gasteiger charge is 2.17. The lowest BCUT2D eigenvalue weighted by Crippen LogP contribution is -2.07. The number of aliphatic hydroxyl groups is 1. The molecule has 3 nitrogen and oxygen atoms in total. The van der Waals surface area contributed by atoms with E-state index in [1.165, 1.54) is 6.20 Å². The molecule has 0 aliphatic rings. The maximum atomic E-state index is 10.2. The maximum Gasteiger partial charge on any atom is 0.122 e. The SMILES string of the molecule is Cn1ncc(Cl)c1C(O)c1ccc(Br)cc1. The van der Waals surface area contributed by atoms with Gasteiger partial charge in [-0.3, -0.25) is 4.68 Å². The fourth-order valence-corrected chi connectivity index (χ4v) is 2.06. The highest BCUT2D eigenvalue weighted by molar-refractivity contribution is 9.10. The van der Waals surface area contributed by atoms with E-state index < -0.39 is 6.10 Å². The van der Waals surface area contributed by atoms with E-state index in [-0.39, 0.29) is 0 Å². The lowest BCUT2D eigenvalue weighted by molar-refractivity contribution is 0.210. The first kappa shape index (κ1) is 11.6. The summed E-state index contributed by atoms with van der Waals surface area (Å²) in [5, 5.41) is 14.6. The minimum atomic E-state index is -0.756. The number of aliphatic hydroxyl groups excluding tert-OH is 1. The molecule has 0 saturated heterocycles. The third-order valence-corrected chi connectivity index (χ3v) is 3.20. The molecule has 0 spiro atoms. The van der Waals surface area contributed by atoms with Crippen molar-refractivity contribution >= 4 is 27.5 Å². The van der Waals surface area contributed by atoms with Crippen molar-refractivity contribution in [3.05, 3.63) is 51.2 Å². The molecule has 0 bridgehead atoms. The van der Waals surface area contributed by atoms with Crippen molar-refractivity contribution < 1.29 is 5.11 Å². The highest BCUT2D eigenvalue weighted by Crippen LogP contribution is 2.28. The van der Waals surface area contributed by atoms with Gasteiger partial charge < -0.3 is 5.11 Å². The summed E-state index contributed by atoms with van der Waals surface area (Å²) in [6.45, 7) is 0. The summed E-state index contributed by atoms with van der Waals surface area (Å²) in [6, 6.07) is 7.45. The van der Waals surface area contributed by atoms with Crippen LogP contribution < -0.4 is 0 Å². The highest BCUT2D eigenvalue weighted by atomic mass is 79.9. The fourth-order valence-electron chi connectivity index (χ4n) is 1.53. The largest absolute Gasteiger partial charge is 0.382 e. The van der Waals surface area contributed by atoms with Crippen molar-refractivity contribution in [2.45, 2.75) is 6.10 Å². The Morgan fingerprint density at radius 3 is 2.50 bits per heavy atom. The van der Waals surface area contributed by atoms with Crippen molar-refractivity contribution in [3.8, 4) is 0 Å². The molecule has 1 aromatic heterocycles. The summed E-state index contributed by atoms with van der Waals surface area (Å²) in [7, 11) is 1.75. The second kappa shape index (κ2) is 4.57. The Bertz CT molecular complexity index is 476. The van der Waals surface area contributed by atoms with Gasteiger partial charge in [0.1, 0.15) is 6.10 Å². The lowest BCUT2D eigenvalue weighted by atomic mass is 10.1. The molecule has 0 fully saturated rings. The van der Waals surface area contributed by atoms with Crippen LogP contribution in [0.4, 0.5) is 0 Å². The van der Waals surface area contributed by atoms with Crippen molar-refractivity contribution in [1.29, 1.82) is 0 Å². The number of aromatic nitrogens is 2. The lowest BCUT2D eigenvalue weighted by Gasteiger charge is -2.12. The number of halogens is 2. The average molecular weight is 302 g/mol. The molecule has 2 aromatic rings. The number of hydrogen-bond acceptors (Lipinski definition) is 2. The number of benzene rings is 1. The maximum absolute atomic E-state index is 10.2. The molecule has 0 amide bonds. The van der Waals surface area contributed by atoms with Gasteiger partial charge >= 0.3 is 0 Å². The van der Waals surface area contributed by atoms with E-state index in [9.17, 15) is 5.11 Å². The second-order valence-electron chi connectivity index (χ2n) is 3.46. The number of hydrogen-bond donors (Lipinski definition) is 1. The number of rotatable bonds is 2. The van der Waals surface area contributed by atoms with E-state index in [1.807, 2.05) is 24.3 Å². The first-order chi connectivity index (χ1) is 7.59. The van der Waals surface area contributed by atoms with Crippen LogP contribution in [-0.4, -0.2) is 14.9 Å². The van der Waals surface area contributed by atoms with Gasteiger partial charge in [-0.1, -0.05) is 39.7 Å². The summed E-state index contributed by atoms with van der Waals surface area (Å²) in [6.07, 6.45) is 0.770. The Kier molecular flexibility index (Phi) is 3.33. The van der Waals surface area contributed by atoms with Gasteiger partial charge in [0.2, 0.25) is 0 Å². The number of aryl methyl sites for hydroxylation is 1. The van der Waals surface area contributed by atoms with Crippen LogP contribution in [0.5, 0.6) is 0 Å². The molecular weight excluding hydrogens is 291 g/mol. The first-order valence-electron chi connectivity index (χ1n) is 4.70. The molecular formula is C11H10BrClN2O. The van der Waals surface area contributed by atoms with Crippen molar-refractivity contribution in [2.24, 2.45) is 7.05 Å². The molecule has 84 valence electrons. The third-order valence-electron chi connectivity index (χ3n) is 2.38. The van der Waals surface area contributed by atoms with E-state index in [0.717, 1.165) is 10.0 Å². The zero-order chi connectivity index (χ0) is 11.7. The second-order valence-corrected chi connectivity index (χ2v) is 4.78. The van der Waals surface area contributed by atoms with Gasteiger partial charge in [-0.15, -0.1) is 0 Å². The van der Waals surface area contributed by atoms with Crippen molar-refractivity contribution in [2.75, 3.05) is 0 Å². The van der Waals surface area contributed by atoms with E-state index in [0.29, 0.717) is 10.7 Å². The van der Waals surface area contributed by atoms with Crippen LogP contribution in [0, 0.1) is 0 Å². The Morgan fingerprint density at radius 1 is 1.38 bits per heavy atom. The van der Waals surface area contributed by atoms with E-state index in [4.69, 9.17) is 11.6 Å². The molecule has 0 aliphatic heterocycles. The summed E-state index contributed by atoms with van der Waals surface area (Å²) in [5.41, 5.74) is 1.39. The van der Waals surface area contributed by atoms with Crippen molar-refractivity contribution in [3.63, 3.8) is 0 Å². The van der Waals surface area contributed by atoms with Gasteiger partial charge in [-0.2, -0.15) is 5.10 Å². The summed E-state index contributed by atoms with van der Waals surface area (Å²) in [5.74, 6) is 0. The molecule has 1 heterocycles. The zero-order valence-electron chi connectivity index (χ0n) is 8.56. The van der Waals surface area contributed by atoms with Crippen LogP contribution in [0.3, 0.4) is 0 Å². The smallest absolute Gasteiger partial charge is 0.122 e.